The molecular formula is C17H24N2O3. The summed E-state index contributed by atoms with van der Waals surface area (Å²) in [5, 5.41) is 3.16. The van der Waals surface area contributed by atoms with Crippen molar-refractivity contribution in [3.63, 3.8) is 0 Å². The number of nitrogens with one attached hydrogen (secondary N) is 1. The number of likely N-dealkylation sites (tertiary alicyclic amines) is 1. The molecule has 5 nitrogen and oxygen atoms in total. The van der Waals surface area contributed by atoms with Crippen molar-refractivity contribution in [2.75, 3.05) is 33.4 Å². The Bertz CT molecular complexity index is 488. The second kappa shape index (κ2) is 7.22. The Morgan fingerprint density at radius 1 is 1.23 bits per heavy atom. The molecule has 0 spiro atoms. The molecule has 0 saturated carbocycles. The van der Waals surface area contributed by atoms with E-state index in [0.717, 1.165) is 19.5 Å². The summed E-state index contributed by atoms with van der Waals surface area (Å²) in [6, 6.07) is 10.5. The SMILES string of the molecule is CN1C[C@H](NC(=O)CC2OCCCO2)[C@H](c2ccccc2)C1. The standard InChI is InChI=1S/C17H24N2O3/c1-19-11-14(13-6-3-2-4-7-13)15(12-19)18-16(20)10-17-21-8-5-9-22-17/h2-4,6-7,14-15,17H,5,8-12H2,1H3,(H,18,20)/t14-,15-/m0/s1. The molecule has 2 atom stereocenters. The Morgan fingerprint density at radius 3 is 2.68 bits per heavy atom. The van der Waals surface area contributed by atoms with Crippen LogP contribution in [0.25, 0.3) is 0 Å². The highest BCUT2D eigenvalue weighted by Gasteiger charge is 2.33. The minimum atomic E-state index is -0.386. The van der Waals surface area contributed by atoms with E-state index in [1.54, 1.807) is 0 Å². The van der Waals surface area contributed by atoms with Crippen molar-refractivity contribution in [2.45, 2.75) is 31.1 Å². The molecule has 0 aliphatic carbocycles. The molecule has 1 N–H and O–H groups in total. The lowest BCUT2D eigenvalue weighted by molar-refractivity contribution is -0.184. The van der Waals surface area contributed by atoms with Gasteiger partial charge in [0.2, 0.25) is 5.91 Å². The Labute approximate surface area is 131 Å². The summed E-state index contributed by atoms with van der Waals surface area (Å²) in [5.74, 6) is 0.344. The van der Waals surface area contributed by atoms with Crippen molar-refractivity contribution < 1.29 is 14.3 Å². The van der Waals surface area contributed by atoms with Crippen LogP contribution in [-0.2, 0) is 14.3 Å². The number of rotatable bonds is 4. The molecule has 2 saturated heterocycles. The van der Waals surface area contributed by atoms with Crippen LogP contribution in [0.2, 0.25) is 0 Å². The Hall–Kier alpha value is -1.43. The molecule has 22 heavy (non-hydrogen) atoms. The van der Waals surface area contributed by atoms with E-state index in [0.29, 0.717) is 19.1 Å². The quantitative estimate of drug-likeness (QED) is 0.912. The molecule has 2 heterocycles. The number of likely N-dealkylation sites (N-methyl/N-ethyl adjacent to an activating group) is 1. The first-order valence-electron chi connectivity index (χ1n) is 7.98. The van der Waals surface area contributed by atoms with Gasteiger partial charge in [0.05, 0.1) is 19.6 Å². The number of nitrogens with zero attached hydrogens (tertiary/aromatic N) is 1. The molecule has 2 fully saturated rings. The van der Waals surface area contributed by atoms with Gasteiger partial charge in [0.15, 0.2) is 6.29 Å². The zero-order chi connectivity index (χ0) is 15.4. The van der Waals surface area contributed by atoms with Crippen molar-refractivity contribution in [1.82, 2.24) is 10.2 Å². The molecule has 1 amide bonds. The lowest BCUT2D eigenvalue weighted by Crippen LogP contribution is -2.42. The van der Waals surface area contributed by atoms with Crippen LogP contribution in [0.1, 0.15) is 24.3 Å². The topological polar surface area (TPSA) is 50.8 Å². The minimum absolute atomic E-state index is 0.00753. The van der Waals surface area contributed by atoms with Gasteiger partial charge in [0, 0.05) is 25.0 Å². The van der Waals surface area contributed by atoms with Crippen molar-refractivity contribution in [3.05, 3.63) is 35.9 Å². The van der Waals surface area contributed by atoms with Gasteiger partial charge in [-0.3, -0.25) is 4.79 Å². The summed E-state index contributed by atoms with van der Waals surface area (Å²) in [6.45, 7) is 3.19. The Balaban J connectivity index is 1.58. The lowest BCUT2D eigenvalue weighted by Gasteiger charge is -2.25. The van der Waals surface area contributed by atoms with Gasteiger partial charge in [-0.2, -0.15) is 0 Å². The predicted octanol–water partition coefficient (Wildman–Crippen LogP) is 1.35. The average molecular weight is 304 g/mol. The van der Waals surface area contributed by atoms with Gasteiger partial charge in [0.1, 0.15) is 0 Å². The molecule has 5 heteroatoms. The van der Waals surface area contributed by atoms with E-state index in [1.807, 2.05) is 6.07 Å². The van der Waals surface area contributed by atoms with E-state index in [1.165, 1.54) is 5.56 Å². The first-order valence-corrected chi connectivity index (χ1v) is 7.98. The first-order chi connectivity index (χ1) is 10.7. The second-order valence-corrected chi connectivity index (χ2v) is 6.14. The van der Waals surface area contributed by atoms with Crippen LogP contribution < -0.4 is 5.32 Å². The lowest BCUT2D eigenvalue weighted by atomic mass is 9.94. The number of benzene rings is 1. The molecular weight excluding hydrogens is 280 g/mol. The van der Waals surface area contributed by atoms with Crippen molar-refractivity contribution in [2.24, 2.45) is 0 Å². The number of hydrogen-bond acceptors (Lipinski definition) is 4. The van der Waals surface area contributed by atoms with Gasteiger partial charge >= 0.3 is 0 Å². The average Bonchev–Trinajstić information content (AvgIpc) is 2.89. The molecule has 1 aromatic carbocycles. The molecule has 0 aromatic heterocycles. The highest BCUT2D eigenvalue weighted by molar-refractivity contribution is 5.76. The predicted molar refractivity (Wildman–Crippen MR) is 83.5 cm³/mol. The molecule has 2 aliphatic rings. The molecule has 120 valence electrons. The van der Waals surface area contributed by atoms with Gasteiger partial charge in [-0.15, -0.1) is 0 Å². The summed E-state index contributed by atoms with van der Waals surface area (Å²) in [7, 11) is 2.09. The molecule has 0 bridgehead atoms. The fourth-order valence-electron chi connectivity index (χ4n) is 3.26. The van der Waals surface area contributed by atoms with Crippen LogP contribution in [-0.4, -0.2) is 56.5 Å². The summed E-state index contributed by atoms with van der Waals surface area (Å²) in [5.41, 5.74) is 1.28. The van der Waals surface area contributed by atoms with E-state index in [-0.39, 0.29) is 24.7 Å². The van der Waals surface area contributed by atoms with E-state index < -0.39 is 0 Å². The second-order valence-electron chi connectivity index (χ2n) is 6.14. The van der Waals surface area contributed by atoms with Crippen LogP contribution in [0.15, 0.2) is 30.3 Å². The van der Waals surface area contributed by atoms with Gasteiger partial charge in [-0.25, -0.2) is 0 Å². The van der Waals surface area contributed by atoms with Gasteiger partial charge in [-0.05, 0) is 19.0 Å². The minimum Gasteiger partial charge on any atom is -0.352 e. The van der Waals surface area contributed by atoms with Gasteiger partial charge < -0.3 is 19.7 Å². The fourth-order valence-corrected chi connectivity index (χ4v) is 3.26. The van der Waals surface area contributed by atoms with Gasteiger partial charge in [-0.1, -0.05) is 30.3 Å². The Morgan fingerprint density at radius 2 is 1.95 bits per heavy atom. The third kappa shape index (κ3) is 3.85. The fraction of sp³-hybridized carbons (Fsp3) is 0.588. The highest BCUT2D eigenvalue weighted by Crippen LogP contribution is 2.26. The molecule has 3 rings (SSSR count). The molecule has 2 aliphatic heterocycles. The normalized spacial score (nSPS) is 27.0. The van der Waals surface area contributed by atoms with Crippen molar-refractivity contribution in [3.8, 4) is 0 Å². The maximum Gasteiger partial charge on any atom is 0.225 e. The summed E-state index contributed by atoms with van der Waals surface area (Å²) in [4.78, 5) is 14.5. The smallest absolute Gasteiger partial charge is 0.225 e. The van der Waals surface area contributed by atoms with E-state index >= 15 is 0 Å². The first kappa shape index (κ1) is 15.5. The monoisotopic (exact) mass is 304 g/mol. The maximum absolute atomic E-state index is 12.3. The largest absolute Gasteiger partial charge is 0.352 e. The number of carbonyl (C=O) groups excluding carboxylic acids is 1. The van der Waals surface area contributed by atoms with E-state index in [9.17, 15) is 4.79 Å². The van der Waals surface area contributed by atoms with Crippen LogP contribution in [0, 0.1) is 0 Å². The third-order valence-electron chi connectivity index (χ3n) is 4.32. The summed E-state index contributed by atoms with van der Waals surface area (Å²) in [6.07, 6.45) is 0.798. The zero-order valence-corrected chi connectivity index (χ0v) is 13.0. The highest BCUT2D eigenvalue weighted by atomic mass is 16.7. The van der Waals surface area contributed by atoms with E-state index in [4.69, 9.17) is 9.47 Å². The molecule has 0 radical (unpaired) electrons. The summed E-state index contributed by atoms with van der Waals surface area (Å²) >= 11 is 0. The van der Waals surface area contributed by atoms with Crippen LogP contribution in [0.5, 0.6) is 0 Å². The Kier molecular flexibility index (Phi) is 5.08. The number of carbonyl (C=O) groups is 1. The van der Waals surface area contributed by atoms with E-state index in [2.05, 4.69) is 41.5 Å². The van der Waals surface area contributed by atoms with Crippen LogP contribution in [0.4, 0.5) is 0 Å². The van der Waals surface area contributed by atoms with Gasteiger partial charge in [0.25, 0.3) is 0 Å². The number of amides is 1. The molecule has 0 unspecified atom stereocenters. The maximum atomic E-state index is 12.3. The third-order valence-corrected chi connectivity index (χ3v) is 4.32. The number of ether oxygens (including phenoxy) is 2. The number of hydrogen-bond donors (Lipinski definition) is 1. The summed E-state index contributed by atoms with van der Waals surface area (Å²) < 4.78 is 10.9. The van der Waals surface area contributed by atoms with Crippen LogP contribution >= 0.6 is 0 Å². The van der Waals surface area contributed by atoms with Crippen LogP contribution in [0.3, 0.4) is 0 Å². The zero-order valence-electron chi connectivity index (χ0n) is 13.0. The molecule has 1 aromatic rings. The van der Waals surface area contributed by atoms with Crippen molar-refractivity contribution in [1.29, 1.82) is 0 Å². The van der Waals surface area contributed by atoms with Crippen molar-refractivity contribution >= 4 is 5.91 Å².